The fraction of sp³-hybridized carbons (Fsp3) is 0.333. The second kappa shape index (κ2) is 5.69. The molecule has 4 nitrogen and oxygen atoms in total. The molecular weight excluding hydrogens is 238 g/mol. The lowest BCUT2D eigenvalue weighted by Crippen LogP contribution is -2.02. The lowest BCUT2D eigenvalue weighted by Gasteiger charge is -2.12. The molecule has 1 aromatic heterocycles. The third-order valence-electron chi connectivity index (χ3n) is 2.91. The van der Waals surface area contributed by atoms with Crippen molar-refractivity contribution in [2.45, 2.75) is 27.2 Å². The molecule has 0 atom stereocenters. The number of hydrogen-bond donors (Lipinski definition) is 1. The van der Waals surface area contributed by atoms with Crippen LogP contribution in [0, 0.1) is 13.8 Å². The molecule has 2 aromatic rings. The summed E-state index contributed by atoms with van der Waals surface area (Å²) in [6, 6.07) is 6.13. The topological polar surface area (TPSA) is 47.0 Å². The molecule has 0 spiro atoms. The first kappa shape index (κ1) is 13.3. The van der Waals surface area contributed by atoms with E-state index in [4.69, 9.17) is 4.74 Å². The van der Waals surface area contributed by atoms with Crippen LogP contribution in [0.1, 0.15) is 23.6 Å². The second-order valence-electron chi connectivity index (χ2n) is 4.54. The molecule has 2 rings (SSSR count). The maximum absolute atomic E-state index is 5.91. The van der Waals surface area contributed by atoms with Crippen LogP contribution < -0.4 is 10.1 Å². The normalized spacial score (nSPS) is 10.3. The van der Waals surface area contributed by atoms with E-state index in [0.29, 0.717) is 5.88 Å². The van der Waals surface area contributed by atoms with E-state index in [1.54, 1.807) is 0 Å². The molecule has 0 saturated carbocycles. The summed E-state index contributed by atoms with van der Waals surface area (Å²) < 4.78 is 5.91. The van der Waals surface area contributed by atoms with Gasteiger partial charge in [0.2, 0.25) is 5.88 Å². The molecule has 19 heavy (non-hydrogen) atoms. The average molecular weight is 257 g/mol. The minimum absolute atomic E-state index is 0.617. The first-order valence-electron chi connectivity index (χ1n) is 6.41. The average Bonchev–Trinajstić information content (AvgIpc) is 2.37. The Labute approximate surface area is 113 Å². The smallest absolute Gasteiger partial charge is 0.227 e. The van der Waals surface area contributed by atoms with Crippen molar-refractivity contribution in [1.29, 1.82) is 0 Å². The van der Waals surface area contributed by atoms with Crippen LogP contribution in [-0.2, 0) is 6.42 Å². The zero-order valence-corrected chi connectivity index (χ0v) is 11.8. The minimum Gasteiger partial charge on any atom is -0.439 e. The Balaban J connectivity index is 2.37. The number of benzene rings is 1. The molecule has 0 aliphatic rings. The monoisotopic (exact) mass is 257 g/mol. The largest absolute Gasteiger partial charge is 0.439 e. The molecule has 0 saturated heterocycles. The highest BCUT2D eigenvalue weighted by Gasteiger charge is 2.11. The van der Waals surface area contributed by atoms with Gasteiger partial charge in [0, 0.05) is 7.05 Å². The summed E-state index contributed by atoms with van der Waals surface area (Å²) in [7, 11) is 1.85. The van der Waals surface area contributed by atoms with Crippen LogP contribution in [0.2, 0.25) is 0 Å². The maximum Gasteiger partial charge on any atom is 0.227 e. The van der Waals surface area contributed by atoms with E-state index in [1.807, 2.05) is 19.2 Å². The Morgan fingerprint density at radius 3 is 2.37 bits per heavy atom. The number of ether oxygens (including phenoxy) is 1. The van der Waals surface area contributed by atoms with E-state index in [-0.39, 0.29) is 0 Å². The number of nitrogens with one attached hydrogen (secondary N) is 1. The SMILES string of the molecule is CCc1c(NC)ncnc1Oc1cc(C)cc(C)c1. The van der Waals surface area contributed by atoms with Gasteiger partial charge in [0.1, 0.15) is 17.9 Å². The lowest BCUT2D eigenvalue weighted by atomic mass is 10.1. The van der Waals surface area contributed by atoms with Crippen LogP contribution in [0.3, 0.4) is 0 Å². The van der Waals surface area contributed by atoms with Gasteiger partial charge in [-0.3, -0.25) is 0 Å². The number of rotatable bonds is 4. The summed E-state index contributed by atoms with van der Waals surface area (Å²) in [4.78, 5) is 8.44. The van der Waals surface area contributed by atoms with E-state index in [0.717, 1.165) is 23.6 Å². The third-order valence-corrected chi connectivity index (χ3v) is 2.91. The summed E-state index contributed by atoms with van der Waals surface area (Å²) in [6.45, 7) is 6.17. The summed E-state index contributed by atoms with van der Waals surface area (Å²) in [5.41, 5.74) is 3.34. The van der Waals surface area contributed by atoms with Crippen molar-refractivity contribution >= 4 is 5.82 Å². The standard InChI is InChI=1S/C15H19N3O/c1-5-13-14(16-4)17-9-18-15(13)19-12-7-10(2)6-11(3)8-12/h6-9H,5H2,1-4H3,(H,16,17,18). The number of anilines is 1. The molecule has 1 heterocycles. The predicted molar refractivity (Wildman–Crippen MR) is 76.9 cm³/mol. The number of aromatic nitrogens is 2. The molecule has 1 aromatic carbocycles. The second-order valence-corrected chi connectivity index (χ2v) is 4.54. The maximum atomic E-state index is 5.91. The van der Waals surface area contributed by atoms with Crippen molar-refractivity contribution in [1.82, 2.24) is 9.97 Å². The zero-order chi connectivity index (χ0) is 13.8. The van der Waals surface area contributed by atoms with E-state index in [2.05, 4.69) is 42.1 Å². The van der Waals surface area contributed by atoms with Gasteiger partial charge in [0.05, 0.1) is 5.56 Å². The molecule has 1 N–H and O–H groups in total. The lowest BCUT2D eigenvalue weighted by molar-refractivity contribution is 0.455. The van der Waals surface area contributed by atoms with Crippen molar-refractivity contribution < 1.29 is 4.74 Å². The van der Waals surface area contributed by atoms with Gasteiger partial charge in [-0.25, -0.2) is 9.97 Å². The molecule has 4 heteroatoms. The van der Waals surface area contributed by atoms with Crippen molar-refractivity contribution in [2.24, 2.45) is 0 Å². The van der Waals surface area contributed by atoms with Gasteiger partial charge in [0.25, 0.3) is 0 Å². The first-order chi connectivity index (χ1) is 9.13. The van der Waals surface area contributed by atoms with Crippen LogP contribution in [-0.4, -0.2) is 17.0 Å². The Hall–Kier alpha value is -2.10. The molecule has 0 amide bonds. The van der Waals surface area contributed by atoms with Gasteiger partial charge in [-0.2, -0.15) is 0 Å². The first-order valence-corrected chi connectivity index (χ1v) is 6.41. The Bertz CT molecular complexity index is 561. The number of aryl methyl sites for hydroxylation is 2. The van der Waals surface area contributed by atoms with Gasteiger partial charge in [-0.1, -0.05) is 13.0 Å². The van der Waals surface area contributed by atoms with E-state index < -0.39 is 0 Å². The van der Waals surface area contributed by atoms with Gasteiger partial charge in [-0.05, 0) is 43.5 Å². The Morgan fingerprint density at radius 1 is 1.11 bits per heavy atom. The van der Waals surface area contributed by atoms with Crippen molar-refractivity contribution in [2.75, 3.05) is 12.4 Å². The molecule has 0 aliphatic heterocycles. The van der Waals surface area contributed by atoms with Crippen molar-refractivity contribution in [3.63, 3.8) is 0 Å². The molecular formula is C15H19N3O. The van der Waals surface area contributed by atoms with Crippen LogP contribution in [0.4, 0.5) is 5.82 Å². The van der Waals surface area contributed by atoms with Gasteiger partial charge < -0.3 is 10.1 Å². The summed E-state index contributed by atoms with van der Waals surface area (Å²) in [5.74, 6) is 2.25. The fourth-order valence-corrected chi connectivity index (χ4v) is 2.12. The van der Waals surface area contributed by atoms with Crippen molar-refractivity contribution in [3.8, 4) is 11.6 Å². The van der Waals surface area contributed by atoms with Crippen LogP contribution in [0.15, 0.2) is 24.5 Å². The molecule has 0 unspecified atom stereocenters. The molecule has 0 aliphatic carbocycles. The fourth-order valence-electron chi connectivity index (χ4n) is 2.12. The Kier molecular flexibility index (Phi) is 4.00. The number of nitrogens with zero attached hydrogens (tertiary/aromatic N) is 2. The highest BCUT2D eigenvalue weighted by Crippen LogP contribution is 2.28. The molecule has 0 bridgehead atoms. The zero-order valence-electron chi connectivity index (χ0n) is 11.8. The predicted octanol–water partition coefficient (Wildman–Crippen LogP) is 3.49. The van der Waals surface area contributed by atoms with Crippen molar-refractivity contribution in [3.05, 3.63) is 41.2 Å². The van der Waals surface area contributed by atoms with E-state index in [9.17, 15) is 0 Å². The quantitative estimate of drug-likeness (QED) is 0.910. The van der Waals surface area contributed by atoms with Crippen LogP contribution >= 0.6 is 0 Å². The molecule has 0 fully saturated rings. The van der Waals surface area contributed by atoms with Gasteiger partial charge in [0.15, 0.2) is 0 Å². The van der Waals surface area contributed by atoms with E-state index >= 15 is 0 Å². The van der Waals surface area contributed by atoms with Gasteiger partial charge >= 0.3 is 0 Å². The highest BCUT2D eigenvalue weighted by molar-refractivity contribution is 5.49. The number of hydrogen-bond acceptors (Lipinski definition) is 4. The summed E-state index contributed by atoms with van der Waals surface area (Å²) >= 11 is 0. The summed E-state index contributed by atoms with van der Waals surface area (Å²) in [5, 5.41) is 3.06. The van der Waals surface area contributed by atoms with Crippen LogP contribution in [0.25, 0.3) is 0 Å². The van der Waals surface area contributed by atoms with Gasteiger partial charge in [-0.15, -0.1) is 0 Å². The highest BCUT2D eigenvalue weighted by atomic mass is 16.5. The summed E-state index contributed by atoms with van der Waals surface area (Å²) in [6.07, 6.45) is 2.33. The van der Waals surface area contributed by atoms with Crippen LogP contribution in [0.5, 0.6) is 11.6 Å². The van der Waals surface area contributed by atoms with E-state index in [1.165, 1.54) is 17.5 Å². The Morgan fingerprint density at radius 2 is 1.79 bits per heavy atom. The minimum atomic E-state index is 0.617. The third kappa shape index (κ3) is 3.02. The molecule has 100 valence electrons. The molecule has 0 radical (unpaired) electrons.